The number of phenolic OH excluding ortho intramolecular Hbond substituents is 2. The van der Waals surface area contributed by atoms with E-state index in [2.05, 4.69) is 102 Å². The molecule has 0 amide bonds. The number of dihydropyridines is 1. The molecular formula is C80H94N4O10. The molecule has 0 unspecified atom stereocenters. The monoisotopic (exact) mass is 1270 g/mol. The van der Waals surface area contributed by atoms with Crippen molar-refractivity contribution < 1.29 is 50.1 Å². The van der Waals surface area contributed by atoms with Crippen LogP contribution in [0.2, 0.25) is 0 Å². The summed E-state index contributed by atoms with van der Waals surface area (Å²) in [5.74, 6) is 5.31. The maximum atomic E-state index is 15.5. The maximum absolute atomic E-state index is 15.5. The molecule has 494 valence electrons. The van der Waals surface area contributed by atoms with Crippen molar-refractivity contribution in [1.82, 2.24) is 15.6 Å². The summed E-state index contributed by atoms with van der Waals surface area (Å²) in [4.78, 5) is 33.5. The Morgan fingerprint density at radius 1 is 0.755 bits per heavy atom. The molecule has 0 saturated heterocycles. The molecule has 3 heterocycles. The molecular weight excluding hydrogens is 1180 g/mol. The fourth-order valence-corrected chi connectivity index (χ4v) is 15.4. The number of Topliss-reactive ketones (excluding diaryl/α,β-unsaturated/α-hetero) is 2. The van der Waals surface area contributed by atoms with E-state index < -0.39 is 47.6 Å². The van der Waals surface area contributed by atoms with Crippen molar-refractivity contribution in [2.24, 2.45) is 35.5 Å². The van der Waals surface area contributed by atoms with Gasteiger partial charge in [0.15, 0.2) is 29.2 Å². The number of aromatic amines is 1. The van der Waals surface area contributed by atoms with Gasteiger partial charge < -0.3 is 61.4 Å². The Labute approximate surface area is 553 Å². The number of rotatable bonds is 13. The fraction of sp³-hybridized carbons (Fsp3) is 0.425. The van der Waals surface area contributed by atoms with Gasteiger partial charge in [0, 0.05) is 79.3 Å². The molecule has 14 heteroatoms. The molecule has 0 spiro atoms. The number of β-amino-alcohol motifs (C(OH)–C–C–N with tert-alkyl or cyclic N) is 1. The number of methoxy groups -OCH3 is 1. The number of ether oxygens (including phenoxy) is 1. The highest BCUT2D eigenvalue weighted by molar-refractivity contribution is 6.06. The van der Waals surface area contributed by atoms with Crippen LogP contribution < -0.4 is 20.7 Å². The largest absolute Gasteiger partial charge is 0.508 e. The van der Waals surface area contributed by atoms with Gasteiger partial charge in [-0.05, 0) is 204 Å². The molecule has 6 aromatic carbocycles. The lowest BCUT2D eigenvalue weighted by Crippen LogP contribution is -2.40. The summed E-state index contributed by atoms with van der Waals surface area (Å²) in [6, 6.07) is 37.6. The molecule has 2 aliphatic carbocycles. The van der Waals surface area contributed by atoms with E-state index in [-0.39, 0.29) is 78.5 Å². The summed E-state index contributed by atoms with van der Waals surface area (Å²) < 4.78 is 5.67. The lowest BCUT2D eigenvalue weighted by Gasteiger charge is -2.33. The predicted molar refractivity (Wildman–Crippen MR) is 370 cm³/mol. The van der Waals surface area contributed by atoms with Crippen LogP contribution in [0.5, 0.6) is 23.0 Å². The van der Waals surface area contributed by atoms with Crippen molar-refractivity contribution >= 4 is 28.0 Å². The van der Waals surface area contributed by atoms with Gasteiger partial charge in [0.1, 0.15) is 17.3 Å². The number of H-pyrrole nitrogens is 1. The summed E-state index contributed by atoms with van der Waals surface area (Å²) in [5.41, 5.74) is 11.6. The number of anilines is 1. The van der Waals surface area contributed by atoms with Gasteiger partial charge in [-0.2, -0.15) is 0 Å². The Morgan fingerprint density at radius 2 is 1.54 bits per heavy atom. The number of phenols is 3. The molecule has 94 heavy (non-hydrogen) atoms. The highest BCUT2D eigenvalue weighted by atomic mass is 16.5. The van der Waals surface area contributed by atoms with Gasteiger partial charge >= 0.3 is 0 Å². The summed E-state index contributed by atoms with van der Waals surface area (Å²) in [5, 5.41) is 92.9. The van der Waals surface area contributed by atoms with Gasteiger partial charge in [0.2, 0.25) is 0 Å². The predicted octanol–water partition coefficient (Wildman–Crippen LogP) is 12.3. The van der Waals surface area contributed by atoms with Crippen LogP contribution in [-0.2, 0) is 54.7 Å². The fourth-order valence-electron chi connectivity index (χ4n) is 15.4. The number of aryl methyl sites for hydroxylation is 3. The Balaban J connectivity index is 1.00. The second kappa shape index (κ2) is 30.9. The summed E-state index contributed by atoms with van der Waals surface area (Å²) in [7, 11) is 1.48. The zero-order chi connectivity index (χ0) is 66.0. The number of fused-ring (bicyclic) bond motifs is 9. The van der Waals surface area contributed by atoms with Crippen molar-refractivity contribution in [1.29, 1.82) is 0 Å². The SMILES string of the molecule is CCC[C@@H]1[C@H]2C[C@@H](CC3=CCNC(=C3)Nc3cc4c(O)c(ccc4cc3Cc3ccccc3)C[C@H](O)CNC[C@H](C)c3c[nH]c(c3)C[C@H]1O)C[C@@H]1C#C[C@H](c3ccccc3CC[C@H](C)CCc3cccc(O)c3CO)c3cc(O)c(OC)cc3CCC(=O)[C@H](O)C(=O)[C@H]1C2. The minimum Gasteiger partial charge on any atom is -0.508 e. The van der Waals surface area contributed by atoms with Gasteiger partial charge in [-0.3, -0.25) is 9.59 Å². The topological polar surface area (TPSA) is 237 Å². The Hall–Kier alpha value is -8.16. The molecule has 1 aromatic heterocycles. The van der Waals surface area contributed by atoms with Crippen LogP contribution in [0.3, 0.4) is 0 Å². The van der Waals surface area contributed by atoms with Crippen LogP contribution in [0, 0.1) is 47.3 Å². The van der Waals surface area contributed by atoms with Crippen molar-refractivity contribution in [3.63, 3.8) is 0 Å². The normalized spacial score (nSPS) is 24.2. The van der Waals surface area contributed by atoms with Crippen LogP contribution in [-0.4, -0.2) is 97.4 Å². The molecule has 1 saturated carbocycles. The number of aromatic nitrogens is 1. The third-order valence-electron chi connectivity index (χ3n) is 20.7. The number of hydrogen-bond donors (Lipinski definition) is 11. The van der Waals surface area contributed by atoms with Gasteiger partial charge in [-0.25, -0.2) is 0 Å². The van der Waals surface area contributed by atoms with Gasteiger partial charge in [-0.1, -0.05) is 124 Å². The van der Waals surface area contributed by atoms with Crippen LogP contribution in [0.15, 0.2) is 145 Å². The smallest absolute Gasteiger partial charge is 0.173 e. The number of aliphatic hydroxyl groups excluding tert-OH is 4. The van der Waals surface area contributed by atoms with Gasteiger partial charge in [0.25, 0.3) is 0 Å². The molecule has 9 bridgehead atoms. The van der Waals surface area contributed by atoms with Crippen molar-refractivity contribution in [2.75, 3.05) is 32.1 Å². The molecule has 14 nitrogen and oxygen atoms in total. The Morgan fingerprint density at radius 3 is 2.34 bits per heavy atom. The quantitative estimate of drug-likeness (QED) is 0.0381. The van der Waals surface area contributed by atoms with E-state index in [1.54, 1.807) is 18.2 Å². The highest BCUT2D eigenvalue weighted by Gasteiger charge is 2.44. The van der Waals surface area contributed by atoms with Gasteiger partial charge in [-0.15, -0.1) is 0 Å². The Bertz CT molecular complexity index is 3940. The number of carbonyl (C=O) groups is 2. The number of aromatic hydroxyl groups is 3. The van der Waals surface area contributed by atoms with E-state index >= 15 is 4.79 Å². The summed E-state index contributed by atoms with van der Waals surface area (Å²) >= 11 is 0. The van der Waals surface area contributed by atoms with Crippen molar-refractivity contribution in [2.45, 2.75) is 154 Å². The van der Waals surface area contributed by atoms with Crippen molar-refractivity contribution in [3.8, 4) is 34.8 Å². The number of carbonyl (C=O) groups excluding carboxylic acids is 2. The lowest BCUT2D eigenvalue weighted by atomic mass is 9.73. The molecule has 11 N–H and O–H groups in total. The molecule has 4 aliphatic rings. The van der Waals surface area contributed by atoms with E-state index in [1.807, 2.05) is 66.9 Å². The average Bonchev–Trinajstić information content (AvgIpc) is 1.16. The van der Waals surface area contributed by atoms with E-state index in [0.29, 0.717) is 105 Å². The summed E-state index contributed by atoms with van der Waals surface area (Å²) in [6.45, 7) is 7.66. The zero-order valence-corrected chi connectivity index (χ0v) is 54.8. The molecule has 11 atom stereocenters. The van der Waals surface area contributed by atoms with Crippen LogP contribution in [0.4, 0.5) is 5.69 Å². The molecule has 2 aliphatic heterocycles. The first-order chi connectivity index (χ1) is 45.5. The lowest BCUT2D eigenvalue weighted by molar-refractivity contribution is -0.142. The first-order valence-electron chi connectivity index (χ1n) is 34.1. The number of ketones is 2. The number of aliphatic hydroxyl groups is 4. The minimum absolute atomic E-state index is 0.0638. The number of benzene rings is 6. The molecule has 11 rings (SSSR count). The highest BCUT2D eigenvalue weighted by Crippen LogP contribution is 2.46. The van der Waals surface area contributed by atoms with E-state index in [0.717, 1.165) is 80.8 Å². The third kappa shape index (κ3) is 16.0. The molecule has 1 fully saturated rings. The average molecular weight is 1270 g/mol. The van der Waals surface area contributed by atoms with E-state index in [9.17, 15) is 40.5 Å². The third-order valence-corrected chi connectivity index (χ3v) is 20.7. The standard InChI is InChI=1S/C80H94N4O10/c1-5-12-65-59-34-52(31-51-29-30-82-77(35-51)84-71-42-69-56(36-60(71)32-50-13-7-6-8-14-50)23-24-58(78(69)91)38-63(86)46-81-44-49(3)61-37-62(83-45-61)41-74(65)89)33-55-25-27-66(67-43-75(90)76(94-4)40-57(67)26-28-73(88)80(93)79(92)68(55)39-59)64-17-10-9-15-53(64)21-19-48(2)20-22-54-16-11-18-72(87)70(54)47-85/h6-11,13-18,23-24,29,35-37,40,42-43,45,48-49,52,55,59,63,65-66,68,74,80-87,89-91,93H,5,12,19-22,26,28,30-34,38-39,41,44,46-47H2,1-4H3/t48-,49-,52-,55-,59-,63-,65+,66+,68-,74+,80-/m0/s1. The van der Waals surface area contributed by atoms with Crippen molar-refractivity contribution in [3.05, 3.63) is 206 Å². The van der Waals surface area contributed by atoms with E-state index in [1.165, 1.54) is 7.11 Å². The second-order valence-electron chi connectivity index (χ2n) is 27.3. The molecule has 7 aromatic rings. The first kappa shape index (κ1) is 67.3. The zero-order valence-electron chi connectivity index (χ0n) is 54.8. The van der Waals surface area contributed by atoms with Crippen LogP contribution in [0.25, 0.3) is 10.8 Å². The Kier molecular flexibility index (Phi) is 22.1. The first-order valence-corrected chi connectivity index (χ1v) is 34.1. The molecule has 0 radical (unpaired) electrons. The number of nitrogens with one attached hydrogen (secondary N) is 4. The number of hydrogen-bond acceptors (Lipinski definition) is 13. The van der Waals surface area contributed by atoms with Crippen LogP contribution >= 0.6 is 0 Å². The van der Waals surface area contributed by atoms with Gasteiger partial charge in [0.05, 0.1) is 31.8 Å². The van der Waals surface area contributed by atoms with E-state index in [4.69, 9.17) is 4.74 Å². The maximum Gasteiger partial charge on any atom is 0.173 e. The van der Waals surface area contributed by atoms with Crippen LogP contribution in [0.1, 0.15) is 152 Å². The summed E-state index contributed by atoms with van der Waals surface area (Å²) in [6.07, 6.45) is 10.7. The number of allylic oxidation sites excluding steroid dienone is 2. The second-order valence-corrected chi connectivity index (χ2v) is 27.3. The minimum atomic E-state index is -1.89.